The van der Waals surface area contributed by atoms with Crippen molar-refractivity contribution >= 4 is 11.7 Å². The van der Waals surface area contributed by atoms with Crippen molar-refractivity contribution in [2.75, 3.05) is 40.6 Å². The molecule has 2 aromatic carbocycles. The van der Waals surface area contributed by atoms with Crippen LogP contribution < -0.4 is 0 Å². The van der Waals surface area contributed by atoms with Crippen LogP contribution in [0.4, 0.5) is 0 Å². The van der Waals surface area contributed by atoms with E-state index in [0.717, 1.165) is 11.1 Å². The molecule has 0 aliphatic carbocycles. The van der Waals surface area contributed by atoms with Crippen molar-refractivity contribution < 1.29 is 24.2 Å². The number of aliphatic hydroxyl groups excluding tert-OH is 1. The van der Waals surface area contributed by atoms with Crippen LogP contribution in [0, 0.1) is 0 Å². The molecule has 0 spiro atoms. The van der Waals surface area contributed by atoms with E-state index in [4.69, 9.17) is 9.47 Å². The van der Waals surface area contributed by atoms with Crippen molar-refractivity contribution in [1.29, 1.82) is 0 Å². The Morgan fingerprint density at radius 1 is 0.970 bits per heavy atom. The fourth-order valence-corrected chi connectivity index (χ4v) is 4.50. The number of fused-ring (bicyclic) bond motifs is 1. The lowest BCUT2D eigenvalue weighted by Gasteiger charge is -2.54. The molecule has 0 aromatic heterocycles. The zero-order valence-corrected chi connectivity index (χ0v) is 18.8. The van der Waals surface area contributed by atoms with Crippen molar-refractivity contribution in [3.63, 3.8) is 0 Å². The molecule has 2 aliphatic heterocycles. The Morgan fingerprint density at radius 2 is 1.58 bits per heavy atom. The number of methoxy groups -OCH3 is 2. The Morgan fingerprint density at radius 3 is 2.12 bits per heavy atom. The number of rotatable bonds is 8. The molecule has 2 atom stereocenters. The molecule has 1 amide bonds. The number of hydrazine groups is 1. The van der Waals surface area contributed by atoms with E-state index in [2.05, 4.69) is 0 Å². The van der Waals surface area contributed by atoms with Gasteiger partial charge in [-0.2, -0.15) is 5.01 Å². The minimum Gasteiger partial charge on any atom is -0.383 e. The van der Waals surface area contributed by atoms with Gasteiger partial charge >= 0.3 is 0 Å². The highest BCUT2D eigenvalue weighted by molar-refractivity contribution is 6.01. The number of aliphatic hydroxyl groups is 1. The van der Waals surface area contributed by atoms with Crippen molar-refractivity contribution in [3.05, 3.63) is 83.6 Å². The SMILES string of the molecule is COCCN1CN(C(c2ccccc2)c2ccccc2)N2C(COC)=CC(=O)C(O)C2C1=O. The third-order valence-electron chi connectivity index (χ3n) is 6.00. The molecule has 8 heteroatoms. The summed E-state index contributed by atoms with van der Waals surface area (Å²) in [6, 6.07) is 18.6. The minimum absolute atomic E-state index is 0.132. The van der Waals surface area contributed by atoms with E-state index >= 15 is 0 Å². The standard InChI is InChI=1S/C25H29N3O5/c1-32-14-13-26-17-27(22(18-9-5-3-6-10-18)19-11-7-4-8-12-19)28-20(16-33-2)15-21(29)24(30)23(28)25(26)31/h3-12,15,22-24,30H,13-14,16-17H2,1-2H3. The molecule has 4 rings (SSSR count). The topological polar surface area (TPSA) is 82.6 Å². The molecular formula is C25H29N3O5. The zero-order valence-electron chi connectivity index (χ0n) is 18.8. The minimum atomic E-state index is -1.47. The van der Waals surface area contributed by atoms with E-state index < -0.39 is 17.9 Å². The maximum atomic E-state index is 13.4. The number of ketones is 1. The first-order chi connectivity index (χ1) is 16.1. The Bertz CT molecular complexity index is 958. The molecule has 8 nitrogen and oxygen atoms in total. The molecule has 174 valence electrons. The third-order valence-corrected chi connectivity index (χ3v) is 6.00. The average molecular weight is 452 g/mol. The van der Waals surface area contributed by atoms with Crippen LogP contribution in [0.15, 0.2) is 72.4 Å². The average Bonchev–Trinajstić information content (AvgIpc) is 2.84. The normalized spacial score (nSPS) is 21.4. The van der Waals surface area contributed by atoms with Crippen LogP contribution in [0.3, 0.4) is 0 Å². The molecule has 2 aromatic rings. The van der Waals surface area contributed by atoms with Gasteiger partial charge in [0.25, 0.3) is 5.91 Å². The second-order valence-corrected chi connectivity index (χ2v) is 8.10. The van der Waals surface area contributed by atoms with Gasteiger partial charge in [-0.25, -0.2) is 0 Å². The quantitative estimate of drug-likeness (QED) is 0.653. The summed E-state index contributed by atoms with van der Waals surface area (Å²) < 4.78 is 10.6. The fraction of sp³-hybridized carbons (Fsp3) is 0.360. The van der Waals surface area contributed by atoms with Gasteiger partial charge < -0.3 is 19.5 Å². The van der Waals surface area contributed by atoms with Crippen LogP contribution in [0.2, 0.25) is 0 Å². The summed E-state index contributed by atoms with van der Waals surface area (Å²) in [5.41, 5.74) is 2.58. The van der Waals surface area contributed by atoms with Crippen LogP contribution in [0.25, 0.3) is 0 Å². The van der Waals surface area contributed by atoms with Gasteiger partial charge in [0.1, 0.15) is 6.10 Å². The maximum absolute atomic E-state index is 13.4. The zero-order chi connectivity index (χ0) is 23.4. The van der Waals surface area contributed by atoms with Gasteiger partial charge in [0, 0.05) is 26.8 Å². The lowest BCUT2D eigenvalue weighted by atomic mass is 9.94. The molecule has 2 unspecified atom stereocenters. The Hall–Kier alpha value is -3.04. The predicted octanol–water partition coefficient (Wildman–Crippen LogP) is 1.58. The maximum Gasteiger partial charge on any atom is 0.251 e. The van der Waals surface area contributed by atoms with Gasteiger partial charge in [0.15, 0.2) is 11.8 Å². The van der Waals surface area contributed by atoms with Gasteiger partial charge in [-0.15, -0.1) is 0 Å². The molecule has 1 fully saturated rings. The van der Waals surface area contributed by atoms with Gasteiger partial charge in [0.05, 0.1) is 31.6 Å². The fourth-order valence-electron chi connectivity index (χ4n) is 4.50. The van der Waals surface area contributed by atoms with E-state index in [-0.39, 0.29) is 25.2 Å². The van der Waals surface area contributed by atoms with Crippen molar-refractivity contribution in [3.8, 4) is 0 Å². The van der Waals surface area contributed by atoms with E-state index in [1.807, 2.05) is 65.7 Å². The van der Waals surface area contributed by atoms with Crippen LogP contribution in [0.1, 0.15) is 17.2 Å². The highest BCUT2D eigenvalue weighted by Crippen LogP contribution is 2.37. The van der Waals surface area contributed by atoms with Gasteiger partial charge in [-0.05, 0) is 11.1 Å². The Labute approximate surface area is 193 Å². The van der Waals surface area contributed by atoms with Crippen LogP contribution >= 0.6 is 0 Å². The molecule has 0 saturated carbocycles. The van der Waals surface area contributed by atoms with E-state index in [0.29, 0.717) is 18.8 Å². The summed E-state index contributed by atoms with van der Waals surface area (Å²) in [4.78, 5) is 27.7. The number of ether oxygens (including phenoxy) is 2. The first kappa shape index (κ1) is 23.1. The molecule has 33 heavy (non-hydrogen) atoms. The van der Waals surface area contributed by atoms with E-state index in [1.165, 1.54) is 13.2 Å². The Balaban J connectivity index is 1.86. The molecule has 0 radical (unpaired) electrons. The second kappa shape index (κ2) is 10.3. The number of benzene rings is 2. The van der Waals surface area contributed by atoms with Crippen molar-refractivity contribution in [2.45, 2.75) is 18.2 Å². The van der Waals surface area contributed by atoms with Crippen LogP contribution in [-0.4, -0.2) is 84.5 Å². The lowest BCUT2D eigenvalue weighted by Crippen LogP contribution is -2.70. The Kier molecular flexibility index (Phi) is 7.20. The highest BCUT2D eigenvalue weighted by atomic mass is 16.5. The first-order valence-electron chi connectivity index (χ1n) is 10.9. The summed E-state index contributed by atoms with van der Waals surface area (Å²) in [6.07, 6.45) is -0.0962. The number of hydrogen-bond donors (Lipinski definition) is 1. The largest absolute Gasteiger partial charge is 0.383 e. The van der Waals surface area contributed by atoms with Crippen LogP contribution in [-0.2, 0) is 19.1 Å². The highest BCUT2D eigenvalue weighted by Gasteiger charge is 2.50. The number of hydrogen-bond acceptors (Lipinski definition) is 7. The van der Waals surface area contributed by atoms with Crippen molar-refractivity contribution in [2.24, 2.45) is 0 Å². The molecule has 2 heterocycles. The number of amides is 1. The van der Waals surface area contributed by atoms with Gasteiger partial charge in [-0.3, -0.25) is 14.6 Å². The molecule has 1 N–H and O–H groups in total. The monoisotopic (exact) mass is 451 g/mol. The summed E-state index contributed by atoms with van der Waals surface area (Å²) >= 11 is 0. The predicted molar refractivity (Wildman–Crippen MR) is 122 cm³/mol. The molecule has 2 aliphatic rings. The summed E-state index contributed by atoms with van der Waals surface area (Å²) in [5.74, 6) is -0.813. The van der Waals surface area contributed by atoms with Gasteiger partial charge in [0.2, 0.25) is 0 Å². The second-order valence-electron chi connectivity index (χ2n) is 8.10. The summed E-state index contributed by atoms with van der Waals surface area (Å²) in [6.45, 7) is 1.08. The lowest BCUT2D eigenvalue weighted by molar-refractivity contribution is -0.191. The van der Waals surface area contributed by atoms with Crippen LogP contribution in [0.5, 0.6) is 0 Å². The number of carbonyl (C=O) groups is 2. The molecular weight excluding hydrogens is 422 g/mol. The van der Waals surface area contributed by atoms with Gasteiger partial charge in [-0.1, -0.05) is 60.7 Å². The molecule has 1 saturated heterocycles. The number of carbonyl (C=O) groups excluding carboxylic acids is 2. The van der Waals surface area contributed by atoms with E-state index in [1.54, 1.807) is 17.0 Å². The first-order valence-corrected chi connectivity index (χ1v) is 10.9. The third kappa shape index (κ3) is 4.56. The summed E-state index contributed by atoms with van der Waals surface area (Å²) in [5, 5.41) is 14.6. The summed E-state index contributed by atoms with van der Waals surface area (Å²) in [7, 11) is 3.12. The van der Waals surface area contributed by atoms with E-state index in [9.17, 15) is 14.7 Å². The number of nitrogens with zero attached hydrogens (tertiary/aromatic N) is 3. The molecule has 0 bridgehead atoms. The smallest absolute Gasteiger partial charge is 0.251 e. The van der Waals surface area contributed by atoms with Crippen molar-refractivity contribution in [1.82, 2.24) is 14.9 Å².